The van der Waals surface area contributed by atoms with Gasteiger partial charge in [0.05, 0.1) is 46.1 Å². The molecule has 2 aliphatic rings. The fourth-order valence-corrected chi connectivity index (χ4v) is 3.52. The number of halogens is 1. The van der Waals surface area contributed by atoms with Gasteiger partial charge >= 0.3 is 0 Å². The summed E-state index contributed by atoms with van der Waals surface area (Å²) in [5, 5.41) is 6.92. The number of hydrogen-bond acceptors (Lipinski definition) is 5. The van der Waals surface area contributed by atoms with Crippen molar-refractivity contribution in [2.45, 2.75) is 19.9 Å². The fourth-order valence-electron chi connectivity index (χ4n) is 3.52. The predicted molar refractivity (Wildman–Crippen MR) is 126 cm³/mol. The number of aliphatic imine (C=N–C) groups is 1. The van der Waals surface area contributed by atoms with Gasteiger partial charge in [0.2, 0.25) is 0 Å². The Balaban J connectivity index is 0.00000300. The third-order valence-electron chi connectivity index (χ3n) is 5.31. The van der Waals surface area contributed by atoms with Crippen molar-refractivity contribution >= 4 is 29.9 Å². The Kier molecular flexibility index (Phi) is 9.94. The molecule has 0 aliphatic carbocycles. The zero-order chi connectivity index (χ0) is 19.8. The van der Waals surface area contributed by atoms with E-state index in [1.807, 2.05) is 12.1 Å². The van der Waals surface area contributed by atoms with Crippen molar-refractivity contribution < 1.29 is 14.2 Å². The second-order valence-corrected chi connectivity index (χ2v) is 7.82. The molecular formula is C21H35IN4O3. The van der Waals surface area contributed by atoms with Crippen molar-refractivity contribution in [1.82, 2.24) is 15.5 Å². The van der Waals surface area contributed by atoms with Gasteiger partial charge in [0, 0.05) is 31.6 Å². The number of nitrogens with one attached hydrogen (secondary N) is 2. The summed E-state index contributed by atoms with van der Waals surface area (Å²) in [6.45, 7) is 11.7. The van der Waals surface area contributed by atoms with Crippen molar-refractivity contribution in [2.75, 3.05) is 66.3 Å². The van der Waals surface area contributed by atoms with Crippen LogP contribution in [0.15, 0.2) is 29.3 Å². The van der Waals surface area contributed by atoms with Crippen molar-refractivity contribution in [3.63, 3.8) is 0 Å². The van der Waals surface area contributed by atoms with Crippen LogP contribution in [0.5, 0.6) is 5.75 Å². The number of benzene rings is 1. The highest BCUT2D eigenvalue weighted by molar-refractivity contribution is 14.0. The van der Waals surface area contributed by atoms with E-state index in [2.05, 4.69) is 41.5 Å². The SMILES string of the molecule is CCNC(=NCC1(C)COC1)NCC(c1ccc(OC)cc1)N1CCOCC1.I. The summed E-state index contributed by atoms with van der Waals surface area (Å²) in [4.78, 5) is 7.27. The zero-order valence-corrected chi connectivity index (χ0v) is 20.1. The van der Waals surface area contributed by atoms with Crippen molar-refractivity contribution in [1.29, 1.82) is 0 Å². The number of nitrogens with zero attached hydrogens (tertiary/aromatic N) is 2. The second kappa shape index (κ2) is 11.9. The molecule has 3 rings (SSSR count). The van der Waals surface area contributed by atoms with Crippen LogP contribution in [-0.4, -0.2) is 77.1 Å². The molecule has 8 heteroatoms. The molecular weight excluding hydrogens is 483 g/mol. The molecule has 1 unspecified atom stereocenters. The van der Waals surface area contributed by atoms with Crippen LogP contribution >= 0.6 is 24.0 Å². The summed E-state index contributed by atoms with van der Waals surface area (Å²) in [7, 11) is 1.70. The molecule has 0 aromatic heterocycles. The molecule has 2 aliphatic heterocycles. The highest BCUT2D eigenvalue weighted by Crippen LogP contribution is 2.26. The van der Waals surface area contributed by atoms with E-state index in [-0.39, 0.29) is 35.4 Å². The van der Waals surface area contributed by atoms with Crippen LogP contribution in [0.2, 0.25) is 0 Å². The maximum Gasteiger partial charge on any atom is 0.191 e. The highest BCUT2D eigenvalue weighted by atomic mass is 127. The number of ether oxygens (including phenoxy) is 3. The molecule has 0 amide bonds. The summed E-state index contributed by atoms with van der Waals surface area (Å²) in [5.74, 6) is 1.74. The average Bonchev–Trinajstić information content (AvgIpc) is 2.72. The first-order chi connectivity index (χ1) is 13.6. The van der Waals surface area contributed by atoms with Crippen LogP contribution in [0.1, 0.15) is 25.5 Å². The Hall–Kier alpha value is -1.10. The normalized spacial score (nSPS) is 20.2. The first-order valence-electron chi connectivity index (χ1n) is 10.2. The lowest BCUT2D eigenvalue weighted by atomic mass is 9.89. The van der Waals surface area contributed by atoms with E-state index < -0.39 is 0 Å². The third-order valence-corrected chi connectivity index (χ3v) is 5.31. The molecule has 0 spiro atoms. The van der Waals surface area contributed by atoms with Crippen LogP contribution in [0.3, 0.4) is 0 Å². The van der Waals surface area contributed by atoms with Gasteiger partial charge in [-0.25, -0.2) is 0 Å². The average molecular weight is 518 g/mol. The second-order valence-electron chi connectivity index (χ2n) is 7.82. The minimum absolute atomic E-state index is 0. The van der Waals surface area contributed by atoms with Gasteiger partial charge in [-0.1, -0.05) is 19.1 Å². The maximum atomic E-state index is 5.55. The quantitative estimate of drug-likeness (QED) is 0.313. The standard InChI is InChI=1S/C21H34N4O3.HI/c1-4-22-20(24-14-21(2)15-28-16-21)23-13-19(25-9-11-27-12-10-25)17-5-7-18(26-3)8-6-17;/h5-8,19H,4,9-16H2,1-3H3,(H2,22,23,24);1H. The Morgan fingerprint density at radius 1 is 1.17 bits per heavy atom. The summed E-state index contributed by atoms with van der Waals surface area (Å²) in [6.07, 6.45) is 0. The van der Waals surface area contributed by atoms with E-state index in [0.717, 1.165) is 70.9 Å². The molecule has 2 heterocycles. The van der Waals surface area contributed by atoms with Gasteiger partial charge in [-0.3, -0.25) is 9.89 Å². The van der Waals surface area contributed by atoms with Gasteiger partial charge in [0.1, 0.15) is 5.75 Å². The minimum atomic E-state index is 0. The number of morpholine rings is 1. The molecule has 7 nitrogen and oxygen atoms in total. The minimum Gasteiger partial charge on any atom is -0.497 e. The molecule has 2 fully saturated rings. The van der Waals surface area contributed by atoms with E-state index in [9.17, 15) is 0 Å². The Morgan fingerprint density at radius 3 is 2.41 bits per heavy atom. The summed E-state index contributed by atoms with van der Waals surface area (Å²) in [6, 6.07) is 8.61. The Morgan fingerprint density at radius 2 is 1.86 bits per heavy atom. The van der Waals surface area contributed by atoms with E-state index in [0.29, 0.717) is 0 Å². The third kappa shape index (κ3) is 6.97. The van der Waals surface area contributed by atoms with Crippen LogP contribution < -0.4 is 15.4 Å². The van der Waals surface area contributed by atoms with Gasteiger partial charge in [0.15, 0.2) is 5.96 Å². The first kappa shape index (κ1) is 24.2. The molecule has 1 atom stereocenters. The lowest BCUT2D eigenvalue weighted by Gasteiger charge is -2.37. The number of methoxy groups -OCH3 is 1. The van der Waals surface area contributed by atoms with E-state index in [1.165, 1.54) is 5.56 Å². The van der Waals surface area contributed by atoms with Crippen LogP contribution in [0.4, 0.5) is 0 Å². The van der Waals surface area contributed by atoms with Crippen molar-refractivity contribution in [3.8, 4) is 5.75 Å². The summed E-state index contributed by atoms with van der Waals surface area (Å²) in [5.41, 5.74) is 1.44. The van der Waals surface area contributed by atoms with Gasteiger partial charge in [0.25, 0.3) is 0 Å². The number of rotatable bonds is 8. The Bertz CT molecular complexity index is 631. The van der Waals surface area contributed by atoms with Gasteiger partial charge in [-0.05, 0) is 24.6 Å². The lowest BCUT2D eigenvalue weighted by molar-refractivity contribution is -0.0945. The molecule has 1 aromatic carbocycles. The first-order valence-corrected chi connectivity index (χ1v) is 10.2. The predicted octanol–water partition coefficient (Wildman–Crippen LogP) is 2.28. The van der Waals surface area contributed by atoms with Gasteiger partial charge in [-0.2, -0.15) is 0 Å². The van der Waals surface area contributed by atoms with Crippen LogP contribution in [-0.2, 0) is 9.47 Å². The van der Waals surface area contributed by atoms with Gasteiger partial charge < -0.3 is 24.8 Å². The largest absolute Gasteiger partial charge is 0.497 e. The molecule has 2 N–H and O–H groups in total. The molecule has 2 saturated heterocycles. The zero-order valence-electron chi connectivity index (χ0n) is 17.8. The molecule has 0 saturated carbocycles. The van der Waals surface area contributed by atoms with Crippen molar-refractivity contribution in [3.05, 3.63) is 29.8 Å². The Labute approximate surface area is 191 Å². The fraction of sp³-hybridized carbons (Fsp3) is 0.667. The molecule has 29 heavy (non-hydrogen) atoms. The number of hydrogen-bond donors (Lipinski definition) is 2. The van der Waals surface area contributed by atoms with E-state index in [1.54, 1.807) is 7.11 Å². The monoisotopic (exact) mass is 518 g/mol. The highest BCUT2D eigenvalue weighted by Gasteiger charge is 2.33. The van der Waals surface area contributed by atoms with Crippen LogP contribution in [0.25, 0.3) is 0 Å². The maximum absolute atomic E-state index is 5.55. The van der Waals surface area contributed by atoms with Crippen molar-refractivity contribution in [2.24, 2.45) is 10.4 Å². The molecule has 0 radical (unpaired) electrons. The van der Waals surface area contributed by atoms with E-state index in [4.69, 9.17) is 19.2 Å². The smallest absolute Gasteiger partial charge is 0.191 e. The van der Waals surface area contributed by atoms with E-state index >= 15 is 0 Å². The topological polar surface area (TPSA) is 67.4 Å². The van der Waals surface area contributed by atoms with Gasteiger partial charge in [-0.15, -0.1) is 24.0 Å². The molecule has 164 valence electrons. The molecule has 1 aromatic rings. The number of guanidine groups is 1. The summed E-state index contributed by atoms with van der Waals surface area (Å²) >= 11 is 0. The summed E-state index contributed by atoms with van der Waals surface area (Å²) < 4.78 is 16.2. The lowest BCUT2D eigenvalue weighted by Crippen LogP contribution is -2.47. The van der Waals surface area contributed by atoms with Crippen LogP contribution in [0, 0.1) is 5.41 Å². The molecule has 0 bridgehead atoms.